The summed E-state index contributed by atoms with van der Waals surface area (Å²) in [7, 11) is 0. The number of carbonyl (C=O) groups excluding carboxylic acids is 3. The van der Waals surface area contributed by atoms with Gasteiger partial charge in [0.05, 0.1) is 18.4 Å². The Bertz CT molecular complexity index is 703. The molecule has 0 unspecified atom stereocenters. The molecular formula is C19H24N2O3. The van der Waals surface area contributed by atoms with E-state index in [1.807, 2.05) is 32.1 Å². The largest absolute Gasteiger partial charge is 0.348 e. The summed E-state index contributed by atoms with van der Waals surface area (Å²) in [4.78, 5) is 38.9. The molecule has 2 amide bonds. The predicted octanol–water partition coefficient (Wildman–Crippen LogP) is 2.65. The van der Waals surface area contributed by atoms with E-state index in [0.717, 1.165) is 24.4 Å². The zero-order chi connectivity index (χ0) is 17.4. The summed E-state index contributed by atoms with van der Waals surface area (Å²) < 4.78 is 2.12. The van der Waals surface area contributed by atoms with E-state index in [0.29, 0.717) is 18.4 Å². The van der Waals surface area contributed by atoms with Crippen LogP contribution in [0.5, 0.6) is 0 Å². The van der Waals surface area contributed by atoms with Gasteiger partial charge in [-0.3, -0.25) is 19.3 Å². The van der Waals surface area contributed by atoms with E-state index >= 15 is 0 Å². The molecule has 1 fully saturated rings. The molecule has 0 N–H and O–H groups in total. The van der Waals surface area contributed by atoms with Crippen molar-refractivity contribution in [3.8, 4) is 0 Å². The van der Waals surface area contributed by atoms with Crippen LogP contribution < -0.4 is 0 Å². The van der Waals surface area contributed by atoms with Crippen LogP contribution in [0.2, 0.25) is 0 Å². The fourth-order valence-electron chi connectivity index (χ4n) is 3.90. The molecular weight excluding hydrogens is 304 g/mol. The summed E-state index contributed by atoms with van der Waals surface area (Å²) in [5.41, 5.74) is 2.57. The molecule has 1 aromatic rings. The van der Waals surface area contributed by atoms with Gasteiger partial charge in [0.25, 0.3) is 0 Å². The number of nitrogens with zero attached hydrogens (tertiary/aromatic N) is 2. The maximum atomic E-state index is 12.7. The average Bonchev–Trinajstić information content (AvgIpc) is 2.99. The van der Waals surface area contributed by atoms with Gasteiger partial charge in [0.1, 0.15) is 0 Å². The van der Waals surface area contributed by atoms with Gasteiger partial charge in [-0.25, -0.2) is 0 Å². The lowest BCUT2D eigenvalue weighted by molar-refractivity contribution is -0.139. The molecule has 0 spiro atoms. The van der Waals surface area contributed by atoms with E-state index in [1.54, 1.807) is 0 Å². The molecule has 1 aromatic heterocycles. The number of likely N-dealkylation sites (tertiary alicyclic amines) is 1. The number of amides is 2. The highest BCUT2D eigenvalue weighted by Gasteiger charge is 2.47. The van der Waals surface area contributed by atoms with Crippen LogP contribution in [-0.4, -0.2) is 33.6 Å². The molecule has 3 rings (SSSR count). The summed E-state index contributed by atoms with van der Waals surface area (Å²) in [6.45, 7) is 6.72. The Kier molecular flexibility index (Phi) is 4.43. The molecule has 0 saturated carbocycles. The summed E-state index contributed by atoms with van der Waals surface area (Å²) in [6.07, 6.45) is 6.10. The first-order valence-corrected chi connectivity index (χ1v) is 8.65. The van der Waals surface area contributed by atoms with Crippen molar-refractivity contribution in [2.24, 2.45) is 11.8 Å². The van der Waals surface area contributed by atoms with Crippen molar-refractivity contribution in [3.63, 3.8) is 0 Å². The number of hydrogen-bond donors (Lipinski definition) is 0. The van der Waals surface area contributed by atoms with Gasteiger partial charge in [0.2, 0.25) is 11.8 Å². The lowest BCUT2D eigenvalue weighted by Gasteiger charge is -2.14. The SMILES string of the molecule is CCCn1c(C)cc(C(=O)CN2C(=O)[C@@H]3CC=CC[C@H]3C2=O)c1C. The minimum Gasteiger partial charge on any atom is -0.348 e. The van der Waals surface area contributed by atoms with Crippen LogP contribution in [0.3, 0.4) is 0 Å². The normalized spacial score (nSPS) is 23.0. The summed E-state index contributed by atoms with van der Waals surface area (Å²) >= 11 is 0. The van der Waals surface area contributed by atoms with Crippen molar-refractivity contribution < 1.29 is 14.4 Å². The summed E-state index contributed by atoms with van der Waals surface area (Å²) in [5.74, 6) is -1.08. The van der Waals surface area contributed by atoms with Crippen LogP contribution >= 0.6 is 0 Å². The number of fused-ring (bicyclic) bond motifs is 1. The van der Waals surface area contributed by atoms with E-state index in [1.165, 1.54) is 4.90 Å². The second-order valence-electron chi connectivity index (χ2n) is 6.78. The standard InChI is InChI=1S/C19H24N2O3/c1-4-9-20-12(2)10-16(13(20)3)17(22)11-21-18(23)14-7-5-6-8-15(14)19(21)24/h5-6,10,14-15H,4,7-9,11H2,1-3H3/t14-,15-/m1/s1. The molecule has 24 heavy (non-hydrogen) atoms. The Morgan fingerprint density at radius 3 is 2.25 bits per heavy atom. The number of aryl methyl sites for hydroxylation is 1. The van der Waals surface area contributed by atoms with Crippen molar-refractivity contribution in [3.05, 3.63) is 35.2 Å². The van der Waals surface area contributed by atoms with E-state index < -0.39 is 0 Å². The first-order valence-electron chi connectivity index (χ1n) is 8.65. The molecule has 0 aromatic carbocycles. The Morgan fingerprint density at radius 2 is 1.71 bits per heavy atom. The van der Waals surface area contributed by atoms with Crippen LogP contribution in [0.1, 0.15) is 47.9 Å². The molecule has 0 radical (unpaired) electrons. The van der Waals surface area contributed by atoms with Crippen LogP contribution in [0.4, 0.5) is 0 Å². The maximum absolute atomic E-state index is 12.7. The summed E-state index contributed by atoms with van der Waals surface area (Å²) in [6, 6.07) is 1.87. The lowest BCUT2D eigenvalue weighted by Crippen LogP contribution is -2.36. The number of allylic oxidation sites excluding steroid dienone is 2. The minimum atomic E-state index is -0.275. The van der Waals surface area contributed by atoms with E-state index in [4.69, 9.17) is 0 Å². The van der Waals surface area contributed by atoms with Gasteiger partial charge >= 0.3 is 0 Å². The highest BCUT2D eigenvalue weighted by atomic mass is 16.2. The molecule has 5 nitrogen and oxygen atoms in total. The number of hydrogen-bond acceptors (Lipinski definition) is 3. The van der Waals surface area contributed by atoms with Crippen LogP contribution in [-0.2, 0) is 16.1 Å². The van der Waals surface area contributed by atoms with Gasteiger partial charge in [0, 0.05) is 23.5 Å². The van der Waals surface area contributed by atoms with Gasteiger partial charge in [-0.2, -0.15) is 0 Å². The van der Waals surface area contributed by atoms with E-state index in [-0.39, 0.29) is 36.0 Å². The van der Waals surface area contributed by atoms with Crippen molar-refractivity contribution in [2.45, 2.75) is 46.6 Å². The van der Waals surface area contributed by atoms with Gasteiger partial charge in [0.15, 0.2) is 5.78 Å². The summed E-state index contributed by atoms with van der Waals surface area (Å²) in [5, 5.41) is 0. The first kappa shape index (κ1) is 16.7. The Balaban J connectivity index is 1.79. The third-order valence-corrected chi connectivity index (χ3v) is 5.22. The number of aromatic nitrogens is 1. The lowest BCUT2D eigenvalue weighted by atomic mass is 9.85. The highest BCUT2D eigenvalue weighted by Crippen LogP contribution is 2.35. The molecule has 128 valence electrons. The molecule has 1 saturated heterocycles. The van der Waals surface area contributed by atoms with Crippen LogP contribution in [0.25, 0.3) is 0 Å². The fourth-order valence-corrected chi connectivity index (χ4v) is 3.90. The van der Waals surface area contributed by atoms with Crippen LogP contribution in [0.15, 0.2) is 18.2 Å². The second-order valence-corrected chi connectivity index (χ2v) is 6.78. The number of Topliss-reactive ketones (excluding diaryl/α,β-unsaturated/α-hetero) is 1. The molecule has 2 heterocycles. The van der Waals surface area contributed by atoms with E-state index in [2.05, 4.69) is 11.5 Å². The molecule has 1 aliphatic heterocycles. The van der Waals surface area contributed by atoms with Crippen molar-refractivity contribution in [2.75, 3.05) is 6.54 Å². The molecule has 2 aliphatic rings. The number of rotatable bonds is 5. The molecule has 1 aliphatic carbocycles. The Labute approximate surface area is 142 Å². The monoisotopic (exact) mass is 328 g/mol. The van der Waals surface area contributed by atoms with Gasteiger partial charge in [-0.15, -0.1) is 0 Å². The Hall–Kier alpha value is -2.17. The number of carbonyl (C=O) groups is 3. The molecule has 2 atom stereocenters. The first-order chi connectivity index (χ1) is 11.5. The maximum Gasteiger partial charge on any atom is 0.233 e. The predicted molar refractivity (Wildman–Crippen MR) is 90.6 cm³/mol. The smallest absolute Gasteiger partial charge is 0.233 e. The van der Waals surface area contributed by atoms with Crippen LogP contribution in [0, 0.1) is 25.7 Å². The number of imide groups is 1. The second kappa shape index (κ2) is 6.38. The zero-order valence-corrected chi connectivity index (χ0v) is 14.5. The van der Waals surface area contributed by atoms with Gasteiger partial charge < -0.3 is 4.57 Å². The Morgan fingerprint density at radius 1 is 1.12 bits per heavy atom. The molecule has 0 bridgehead atoms. The fraction of sp³-hybridized carbons (Fsp3) is 0.526. The van der Waals surface area contributed by atoms with Gasteiger partial charge in [-0.05, 0) is 39.2 Å². The third kappa shape index (κ3) is 2.62. The average molecular weight is 328 g/mol. The van der Waals surface area contributed by atoms with Crippen molar-refractivity contribution in [1.29, 1.82) is 0 Å². The zero-order valence-electron chi connectivity index (χ0n) is 14.5. The van der Waals surface area contributed by atoms with E-state index in [9.17, 15) is 14.4 Å². The van der Waals surface area contributed by atoms with Crippen molar-refractivity contribution in [1.82, 2.24) is 9.47 Å². The third-order valence-electron chi connectivity index (χ3n) is 5.22. The van der Waals surface area contributed by atoms with Crippen molar-refractivity contribution >= 4 is 17.6 Å². The topological polar surface area (TPSA) is 59.4 Å². The van der Waals surface area contributed by atoms with Gasteiger partial charge in [-0.1, -0.05) is 19.1 Å². The minimum absolute atomic E-state index is 0.138. The highest BCUT2D eigenvalue weighted by molar-refractivity contribution is 6.10. The number of ketones is 1. The molecule has 5 heteroatoms. The quantitative estimate of drug-likeness (QED) is 0.474.